The van der Waals surface area contributed by atoms with Crippen molar-refractivity contribution in [1.82, 2.24) is 15.6 Å². The molecular formula is C20H18ClF4N3O5. The molecule has 2 N–H and O–H groups in total. The van der Waals surface area contributed by atoms with E-state index in [2.05, 4.69) is 15.6 Å². The van der Waals surface area contributed by atoms with Crippen LogP contribution in [0.2, 0.25) is 5.02 Å². The van der Waals surface area contributed by atoms with Gasteiger partial charge in [-0.15, -0.1) is 0 Å². The molecule has 2 aromatic rings. The molecule has 0 saturated carbocycles. The maximum absolute atomic E-state index is 13.4. The standard InChI is InChI=1S/C20H18ClF4N3O5/c21-14-4-3-13(5-15(14)22)31-9-17(29)28-18-10-32-16(8-33-18)19(30)27-7-12-2-1-11(6-26-12)20(23,24)25/h1-6,16,18H,7-10H2,(H,27,30)(H,28,29)/t16-,18+/m0/s1. The van der Waals surface area contributed by atoms with E-state index in [-0.39, 0.29) is 36.2 Å². The maximum atomic E-state index is 13.4. The minimum absolute atomic E-state index is 0.0752. The van der Waals surface area contributed by atoms with Crippen molar-refractivity contribution < 1.29 is 41.4 Å². The number of aromatic nitrogens is 1. The molecule has 0 spiro atoms. The topological polar surface area (TPSA) is 98.8 Å². The molecule has 3 rings (SSSR count). The second-order valence-electron chi connectivity index (χ2n) is 6.83. The van der Waals surface area contributed by atoms with Crippen LogP contribution >= 0.6 is 11.6 Å². The molecule has 1 saturated heterocycles. The summed E-state index contributed by atoms with van der Waals surface area (Å²) in [5, 5.41) is 4.90. The lowest BCUT2D eigenvalue weighted by Gasteiger charge is -2.29. The Morgan fingerprint density at radius 3 is 2.58 bits per heavy atom. The van der Waals surface area contributed by atoms with Gasteiger partial charge in [0.25, 0.3) is 11.8 Å². The molecule has 13 heteroatoms. The quantitative estimate of drug-likeness (QED) is 0.577. The van der Waals surface area contributed by atoms with Gasteiger partial charge in [0.1, 0.15) is 11.6 Å². The van der Waals surface area contributed by atoms with Gasteiger partial charge in [-0.2, -0.15) is 13.2 Å². The first kappa shape index (κ1) is 24.7. The first-order valence-corrected chi connectivity index (χ1v) is 9.90. The highest BCUT2D eigenvalue weighted by Gasteiger charge is 2.31. The van der Waals surface area contributed by atoms with Crippen molar-refractivity contribution in [3.63, 3.8) is 0 Å². The summed E-state index contributed by atoms with van der Waals surface area (Å²) in [7, 11) is 0. The number of hydrogen-bond acceptors (Lipinski definition) is 6. The average molecular weight is 492 g/mol. The van der Waals surface area contributed by atoms with E-state index in [0.29, 0.717) is 6.20 Å². The zero-order chi connectivity index (χ0) is 24.0. The Hall–Kier alpha value is -2.96. The Morgan fingerprint density at radius 2 is 1.97 bits per heavy atom. The Bertz CT molecular complexity index is 983. The molecule has 2 amide bonds. The molecule has 1 aliphatic rings. The van der Waals surface area contributed by atoms with Crippen molar-refractivity contribution >= 4 is 23.4 Å². The summed E-state index contributed by atoms with van der Waals surface area (Å²) in [6.45, 7) is -0.803. The van der Waals surface area contributed by atoms with E-state index in [9.17, 15) is 27.2 Å². The van der Waals surface area contributed by atoms with Crippen molar-refractivity contribution in [2.24, 2.45) is 0 Å². The number of pyridine rings is 1. The second-order valence-corrected chi connectivity index (χ2v) is 7.24. The van der Waals surface area contributed by atoms with Crippen LogP contribution in [0.1, 0.15) is 11.3 Å². The fraction of sp³-hybridized carbons (Fsp3) is 0.350. The van der Waals surface area contributed by atoms with Gasteiger partial charge in [-0.05, 0) is 24.3 Å². The zero-order valence-corrected chi connectivity index (χ0v) is 17.6. The number of alkyl halides is 3. The summed E-state index contributed by atoms with van der Waals surface area (Å²) in [6, 6.07) is 5.77. The van der Waals surface area contributed by atoms with E-state index in [4.69, 9.17) is 25.8 Å². The molecule has 2 atom stereocenters. The zero-order valence-electron chi connectivity index (χ0n) is 16.8. The minimum Gasteiger partial charge on any atom is -0.484 e. The molecule has 33 heavy (non-hydrogen) atoms. The van der Waals surface area contributed by atoms with Crippen molar-refractivity contribution in [2.45, 2.75) is 25.1 Å². The van der Waals surface area contributed by atoms with Crippen LogP contribution < -0.4 is 15.4 Å². The maximum Gasteiger partial charge on any atom is 0.417 e. The number of hydrogen-bond donors (Lipinski definition) is 2. The third-order valence-electron chi connectivity index (χ3n) is 4.37. The van der Waals surface area contributed by atoms with Gasteiger partial charge < -0.3 is 24.8 Å². The summed E-state index contributed by atoms with van der Waals surface area (Å²) < 4.78 is 66.9. The molecule has 1 aromatic heterocycles. The molecule has 0 radical (unpaired) electrons. The van der Waals surface area contributed by atoms with Crippen LogP contribution in [0.25, 0.3) is 0 Å². The number of halogens is 5. The van der Waals surface area contributed by atoms with Gasteiger partial charge in [0.2, 0.25) is 0 Å². The molecule has 2 heterocycles. The number of nitrogens with one attached hydrogen (secondary N) is 2. The number of benzene rings is 1. The van der Waals surface area contributed by atoms with Gasteiger partial charge >= 0.3 is 6.18 Å². The molecule has 0 bridgehead atoms. The third kappa shape index (κ3) is 7.27. The number of carbonyl (C=O) groups is 2. The Morgan fingerprint density at radius 1 is 1.18 bits per heavy atom. The normalized spacial score (nSPS) is 18.5. The molecule has 1 aromatic carbocycles. The molecule has 8 nitrogen and oxygen atoms in total. The Labute approximate surface area is 190 Å². The van der Waals surface area contributed by atoms with Crippen LogP contribution in [0.4, 0.5) is 17.6 Å². The van der Waals surface area contributed by atoms with Crippen LogP contribution in [-0.2, 0) is 31.8 Å². The number of ether oxygens (including phenoxy) is 3. The van der Waals surface area contributed by atoms with E-state index >= 15 is 0 Å². The van der Waals surface area contributed by atoms with Crippen LogP contribution in [0.3, 0.4) is 0 Å². The van der Waals surface area contributed by atoms with Crippen LogP contribution in [0.15, 0.2) is 36.5 Å². The average Bonchev–Trinajstić information content (AvgIpc) is 2.78. The fourth-order valence-electron chi connectivity index (χ4n) is 2.66. The summed E-state index contributed by atoms with van der Waals surface area (Å²) >= 11 is 5.57. The smallest absolute Gasteiger partial charge is 0.417 e. The molecule has 178 valence electrons. The van der Waals surface area contributed by atoms with Gasteiger partial charge in [-0.25, -0.2) is 4.39 Å². The molecule has 1 aliphatic heterocycles. The highest BCUT2D eigenvalue weighted by Crippen LogP contribution is 2.28. The van der Waals surface area contributed by atoms with E-state index in [1.807, 2.05) is 0 Å². The Balaban J connectivity index is 1.36. The molecule has 0 unspecified atom stereocenters. The molecule has 1 fully saturated rings. The number of carbonyl (C=O) groups excluding carboxylic acids is 2. The number of nitrogens with zero attached hydrogens (tertiary/aromatic N) is 1. The lowest BCUT2D eigenvalue weighted by molar-refractivity contribution is -0.168. The highest BCUT2D eigenvalue weighted by molar-refractivity contribution is 6.30. The van der Waals surface area contributed by atoms with Crippen molar-refractivity contribution in [2.75, 3.05) is 19.8 Å². The van der Waals surface area contributed by atoms with Crippen LogP contribution in [0.5, 0.6) is 5.75 Å². The van der Waals surface area contributed by atoms with Crippen LogP contribution in [-0.4, -0.2) is 49.0 Å². The van der Waals surface area contributed by atoms with Gasteiger partial charge in [0.05, 0.1) is 36.0 Å². The Kier molecular flexibility index (Phi) is 8.06. The van der Waals surface area contributed by atoms with E-state index in [0.717, 1.165) is 18.2 Å². The second kappa shape index (κ2) is 10.8. The number of rotatable bonds is 7. The van der Waals surface area contributed by atoms with Gasteiger partial charge in [0, 0.05) is 12.3 Å². The first-order chi connectivity index (χ1) is 15.6. The van der Waals surface area contributed by atoms with Gasteiger partial charge in [0.15, 0.2) is 18.9 Å². The summed E-state index contributed by atoms with van der Waals surface area (Å²) in [4.78, 5) is 27.8. The van der Waals surface area contributed by atoms with Crippen molar-refractivity contribution in [3.8, 4) is 5.75 Å². The highest BCUT2D eigenvalue weighted by atomic mass is 35.5. The van der Waals surface area contributed by atoms with Crippen LogP contribution in [0, 0.1) is 5.82 Å². The summed E-state index contributed by atoms with van der Waals surface area (Å²) in [5.41, 5.74) is -0.654. The first-order valence-electron chi connectivity index (χ1n) is 9.52. The monoisotopic (exact) mass is 491 g/mol. The fourth-order valence-corrected chi connectivity index (χ4v) is 2.78. The van der Waals surface area contributed by atoms with Gasteiger partial charge in [-0.3, -0.25) is 14.6 Å². The number of amides is 2. The lowest BCUT2D eigenvalue weighted by atomic mass is 10.2. The van der Waals surface area contributed by atoms with E-state index < -0.39 is 48.3 Å². The SMILES string of the molecule is O=C(COc1ccc(Cl)c(F)c1)N[C@H]1CO[C@H](C(=O)NCc2ccc(C(F)(F)F)cn2)CO1. The largest absolute Gasteiger partial charge is 0.484 e. The molecule has 0 aliphatic carbocycles. The van der Waals surface area contributed by atoms with E-state index in [1.54, 1.807) is 0 Å². The van der Waals surface area contributed by atoms with Gasteiger partial charge in [-0.1, -0.05) is 11.6 Å². The third-order valence-corrected chi connectivity index (χ3v) is 4.68. The lowest BCUT2D eigenvalue weighted by Crippen LogP contribution is -2.51. The van der Waals surface area contributed by atoms with Crippen molar-refractivity contribution in [3.05, 3.63) is 58.6 Å². The summed E-state index contributed by atoms with van der Waals surface area (Å²) in [6.07, 6.45) is -5.61. The summed E-state index contributed by atoms with van der Waals surface area (Å²) in [5.74, 6) is -1.67. The predicted molar refractivity (Wildman–Crippen MR) is 106 cm³/mol. The van der Waals surface area contributed by atoms with E-state index in [1.165, 1.54) is 12.1 Å². The minimum atomic E-state index is -4.49. The van der Waals surface area contributed by atoms with Crippen molar-refractivity contribution in [1.29, 1.82) is 0 Å². The predicted octanol–water partition coefficient (Wildman–Crippen LogP) is 2.45. The molecular weight excluding hydrogens is 474 g/mol.